The fourth-order valence-electron chi connectivity index (χ4n) is 3.04. The van der Waals surface area contributed by atoms with Crippen molar-refractivity contribution < 1.29 is 28.5 Å². The van der Waals surface area contributed by atoms with Crippen LogP contribution in [-0.4, -0.2) is 33.4 Å². The van der Waals surface area contributed by atoms with Gasteiger partial charge in [-0.1, -0.05) is 30.3 Å². The van der Waals surface area contributed by atoms with Gasteiger partial charge in [-0.2, -0.15) is 0 Å². The second-order valence-corrected chi connectivity index (χ2v) is 6.38. The molecule has 0 amide bonds. The Labute approximate surface area is 175 Å². The van der Waals surface area contributed by atoms with Crippen LogP contribution in [-0.2, 0) is 6.61 Å². The number of methoxy groups -OCH3 is 3. The van der Waals surface area contributed by atoms with Gasteiger partial charge in [0.2, 0.25) is 5.75 Å². The van der Waals surface area contributed by atoms with Gasteiger partial charge < -0.3 is 18.9 Å². The number of carbonyl (C=O) groups excluding carboxylic acids is 2. The van der Waals surface area contributed by atoms with Crippen LogP contribution in [0, 0.1) is 0 Å². The molecule has 30 heavy (non-hydrogen) atoms. The molecule has 0 aliphatic heterocycles. The van der Waals surface area contributed by atoms with Crippen LogP contribution < -0.4 is 18.9 Å². The Morgan fingerprint density at radius 3 is 2.10 bits per heavy atom. The summed E-state index contributed by atoms with van der Waals surface area (Å²) in [7, 11) is 4.43. The zero-order valence-electron chi connectivity index (χ0n) is 17.0. The molecule has 0 aromatic heterocycles. The van der Waals surface area contributed by atoms with Gasteiger partial charge in [-0.3, -0.25) is 9.59 Å². The summed E-state index contributed by atoms with van der Waals surface area (Å²) in [5.74, 6) is 1.26. The van der Waals surface area contributed by atoms with E-state index in [4.69, 9.17) is 18.9 Å². The van der Waals surface area contributed by atoms with Crippen molar-refractivity contribution in [1.82, 2.24) is 0 Å². The molecule has 0 aliphatic rings. The minimum absolute atomic E-state index is 0.235. The first-order chi connectivity index (χ1) is 14.6. The molecule has 0 saturated carbocycles. The predicted molar refractivity (Wildman–Crippen MR) is 112 cm³/mol. The van der Waals surface area contributed by atoms with Crippen LogP contribution in [0.5, 0.6) is 23.0 Å². The maximum absolute atomic E-state index is 13.1. The molecule has 6 nitrogen and oxygen atoms in total. The van der Waals surface area contributed by atoms with E-state index in [9.17, 15) is 9.59 Å². The predicted octanol–water partition coefficient (Wildman–Crippen LogP) is 4.33. The highest BCUT2D eigenvalue weighted by atomic mass is 16.5. The Balaban J connectivity index is 1.90. The molecule has 6 heteroatoms. The van der Waals surface area contributed by atoms with E-state index in [1.165, 1.54) is 21.3 Å². The SMILES string of the molecule is COc1cc(C(=O)c2ccc(OCc3ccccc3)cc2C=O)cc(OC)c1OC. The summed E-state index contributed by atoms with van der Waals surface area (Å²) in [6, 6.07) is 17.6. The van der Waals surface area contributed by atoms with Crippen molar-refractivity contribution in [3.8, 4) is 23.0 Å². The average molecular weight is 406 g/mol. The van der Waals surface area contributed by atoms with E-state index in [2.05, 4.69) is 0 Å². The Morgan fingerprint density at radius 1 is 0.867 bits per heavy atom. The average Bonchev–Trinajstić information content (AvgIpc) is 2.81. The summed E-state index contributed by atoms with van der Waals surface area (Å²) in [5, 5.41) is 0. The van der Waals surface area contributed by atoms with Crippen molar-refractivity contribution in [2.24, 2.45) is 0 Å². The maximum atomic E-state index is 13.1. The molecule has 3 aromatic carbocycles. The molecular weight excluding hydrogens is 384 g/mol. The van der Waals surface area contributed by atoms with Crippen molar-refractivity contribution in [2.45, 2.75) is 6.61 Å². The summed E-state index contributed by atoms with van der Waals surface area (Å²) >= 11 is 0. The molecule has 0 radical (unpaired) electrons. The van der Waals surface area contributed by atoms with E-state index >= 15 is 0 Å². The van der Waals surface area contributed by atoms with E-state index in [0.717, 1.165) is 5.56 Å². The maximum Gasteiger partial charge on any atom is 0.203 e. The molecule has 0 aliphatic carbocycles. The van der Waals surface area contributed by atoms with Gasteiger partial charge in [-0.05, 0) is 35.9 Å². The van der Waals surface area contributed by atoms with Crippen LogP contribution in [0.25, 0.3) is 0 Å². The number of rotatable bonds is 9. The van der Waals surface area contributed by atoms with Gasteiger partial charge in [-0.15, -0.1) is 0 Å². The van der Waals surface area contributed by atoms with Crippen molar-refractivity contribution in [3.63, 3.8) is 0 Å². The second-order valence-electron chi connectivity index (χ2n) is 6.38. The number of hydrogen-bond donors (Lipinski definition) is 0. The molecule has 0 spiro atoms. The molecule has 0 heterocycles. The molecule has 0 unspecified atom stereocenters. The van der Waals surface area contributed by atoms with Crippen LogP contribution in [0.2, 0.25) is 0 Å². The number of ether oxygens (including phenoxy) is 4. The summed E-state index contributed by atoms with van der Waals surface area (Å²) in [6.07, 6.45) is 0.639. The highest BCUT2D eigenvalue weighted by molar-refractivity contribution is 6.13. The molecule has 3 rings (SSSR count). The highest BCUT2D eigenvalue weighted by Crippen LogP contribution is 2.39. The number of benzene rings is 3. The number of aldehydes is 1. The van der Waals surface area contributed by atoms with Gasteiger partial charge in [0.15, 0.2) is 23.6 Å². The van der Waals surface area contributed by atoms with Crippen molar-refractivity contribution in [2.75, 3.05) is 21.3 Å². The Bertz CT molecular complexity index is 1020. The van der Waals surface area contributed by atoms with Crippen molar-refractivity contribution >= 4 is 12.1 Å². The first-order valence-corrected chi connectivity index (χ1v) is 9.22. The Hall–Kier alpha value is -3.80. The number of hydrogen-bond acceptors (Lipinski definition) is 6. The Morgan fingerprint density at radius 2 is 1.53 bits per heavy atom. The molecule has 0 fully saturated rings. The van der Waals surface area contributed by atoms with E-state index < -0.39 is 0 Å². The van der Waals surface area contributed by atoms with E-state index in [-0.39, 0.29) is 16.9 Å². The normalized spacial score (nSPS) is 10.2. The lowest BCUT2D eigenvalue weighted by molar-refractivity contribution is 0.102. The van der Waals surface area contributed by atoms with E-state index in [0.29, 0.717) is 41.5 Å². The molecule has 154 valence electrons. The molecule has 3 aromatic rings. The molecule has 0 N–H and O–H groups in total. The van der Waals surface area contributed by atoms with E-state index in [1.807, 2.05) is 30.3 Å². The third-order valence-corrected chi connectivity index (χ3v) is 4.57. The first kappa shape index (κ1) is 20.9. The largest absolute Gasteiger partial charge is 0.493 e. The van der Waals surface area contributed by atoms with Crippen LogP contribution in [0.3, 0.4) is 0 Å². The van der Waals surface area contributed by atoms with Gasteiger partial charge >= 0.3 is 0 Å². The highest BCUT2D eigenvalue weighted by Gasteiger charge is 2.20. The molecule has 0 atom stereocenters. The fraction of sp³-hybridized carbons (Fsp3) is 0.167. The monoisotopic (exact) mass is 406 g/mol. The molecule has 0 saturated heterocycles. The zero-order chi connectivity index (χ0) is 21.5. The summed E-state index contributed by atoms with van der Waals surface area (Å²) < 4.78 is 21.7. The van der Waals surface area contributed by atoms with Crippen LogP contribution in [0.1, 0.15) is 31.8 Å². The second kappa shape index (κ2) is 9.60. The van der Waals surface area contributed by atoms with Crippen molar-refractivity contribution in [1.29, 1.82) is 0 Å². The van der Waals surface area contributed by atoms with Gasteiger partial charge in [0.25, 0.3) is 0 Å². The standard InChI is InChI=1S/C24H22O6/c1-27-21-12-17(13-22(28-2)24(21)29-3)23(26)20-10-9-19(11-18(20)14-25)30-15-16-7-5-4-6-8-16/h4-14H,15H2,1-3H3. The number of ketones is 1. The smallest absolute Gasteiger partial charge is 0.203 e. The lowest BCUT2D eigenvalue weighted by Gasteiger charge is -2.14. The lowest BCUT2D eigenvalue weighted by Crippen LogP contribution is -2.07. The van der Waals surface area contributed by atoms with Gasteiger partial charge in [-0.25, -0.2) is 0 Å². The molecule has 0 bridgehead atoms. The molecular formula is C24H22O6. The third kappa shape index (κ3) is 4.43. The van der Waals surface area contributed by atoms with Gasteiger partial charge in [0.05, 0.1) is 21.3 Å². The summed E-state index contributed by atoms with van der Waals surface area (Å²) in [4.78, 5) is 24.8. The lowest BCUT2D eigenvalue weighted by atomic mass is 9.98. The minimum Gasteiger partial charge on any atom is -0.493 e. The van der Waals surface area contributed by atoms with Gasteiger partial charge in [0, 0.05) is 16.7 Å². The van der Waals surface area contributed by atoms with Crippen LogP contribution >= 0.6 is 0 Å². The topological polar surface area (TPSA) is 71.1 Å². The Kier molecular flexibility index (Phi) is 6.70. The first-order valence-electron chi connectivity index (χ1n) is 9.22. The third-order valence-electron chi connectivity index (χ3n) is 4.57. The van der Waals surface area contributed by atoms with E-state index in [1.54, 1.807) is 30.3 Å². The minimum atomic E-state index is -0.342. The summed E-state index contributed by atoms with van der Waals surface area (Å²) in [5.41, 5.74) is 1.80. The fourth-order valence-corrected chi connectivity index (χ4v) is 3.04. The van der Waals surface area contributed by atoms with Crippen LogP contribution in [0.15, 0.2) is 60.7 Å². The zero-order valence-corrected chi connectivity index (χ0v) is 17.0. The van der Waals surface area contributed by atoms with Crippen molar-refractivity contribution in [3.05, 3.63) is 82.9 Å². The number of carbonyl (C=O) groups is 2. The summed E-state index contributed by atoms with van der Waals surface area (Å²) in [6.45, 7) is 0.360. The van der Waals surface area contributed by atoms with Gasteiger partial charge in [0.1, 0.15) is 12.4 Å². The quantitative estimate of drug-likeness (QED) is 0.389. The van der Waals surface area contributed by atoms with Crippen LogP contribution in [0.4, 0.5) is 0 Å².